The molecule has 0 saturated carbocycles. The maximum atomic E-state index is 12.8. The zero-order valence-electron chi connectivity index (χ0n) is 12.9. The third kappa shape index (κ3) is 2.90. The van der Waals surface area contributed by atoms with Crippen LogP contribution in [0.2, 0.25) is 0 Å². The van der Waals surface area contributed by atoms with Crippen LogP contribution in [-0.2, 0) is 4.79 Å². The number of amides is 1. The zero-order chi connectivity index (χ0) is 15.0. The molecule has 2 atom stereocenters. The van der Waals surface area contributed by atoms with Gasteiger partial charge in [0.2, 0.25) is 5.91 Å². The molecule has 0 aromatic carbocycles. The number of rotatable bonds is 5. The van der Waals surface area contributed by atoms with Crippen LogP contribution in [0.5, 0.6) is 0 Å². The highest BCUT2D eigenvalue weighted by molar-refractivity contribution is 7.99. The van der Waals surface area contributed by atoms with E-state index in [2.05, 4.69) is 49.2 Å². The van der Waals surface area contributed by atoms with Gasteiger partial charge in [-0.3, -0.25) is 10.1 Å². The van der Waals surface area contributed by atoms with E-state index in [1.165, 1.54) is 5.56 Å². The molecule has 20 heavy (non-hydrogen) atoms. The summed E-state index contributed by atoms with van der Waals surface area (Å²) in [6, 6.07) is 2.11. The van der Waals surface area contributed by atoms with Gasteiger partial charge < -0.3 is 4.90 Å². The Morgan fingerprint density at radius 3 is 2.75 bits per heavy atom. The lowest BCUT2D eigenvalue weighted by atomic mass is 9.99. The van der Waals surface area contributed by atoms with Gasteiger partial charge in [0.05, 0.1) is 5.54 Å². The minimum absolute atomic E-state index is 0.00475. The topological polar surface area (TPSA) is 32.3 Å². The van der Waals surface area contributed by atoms with E-state index in [1.54, 1.807) is 23.1 Å². The lowest BCUT2D eigenvalue weighted by Gasteiger charge is -2.32. The highest BCUT2D eigenvalue weighted by Gasteiger charge is 2.48. The Morgan fingerprint density at radius 2 is 2.25 bits per heavy atom. The van der Waals surface area contributed by atoms with Gasteiger partial charge in [-0.1, -0.05) is 6.92 Å². The van der Waals surface area contributed by atoms with Crippen LogP contribution in [0.1, 0.15) is 45.8 Å². The molecule has 0 bridgehead atoms. The van der Waals surface area contributed by atoms with Crippen LogP contribution >= 0.6 is 23.1 Å². The van der Waals surface area contributed by atoms with Crippen molar-refractivity contribution in [1.29, 1.82) is 0 Å². The lowest BCUT2D eigenvalue weighted by Crippen LogP contribution is -2.44. The molecule has 1 aliphatic rings. The zero-order valence-corrected chi connectivity index (χ0v) is 14.5. The van der Waals surface area contributed by atoms with Crippen LogP contribution in [-0.4, -0.2) is 33.9 Å². The first-order valence-corrected chi connectivity index (χ1v) is 9.16. The van der Waals surface area contributed by atoms with E-state index in [9.17, 15) is 4.79 Å². The van der Waals surface area contributed by atoms with Gasteiger partial charge in [-0.25, -0.2) is 0 Å². The predicted octanol–water partition coefficient (Wildman–Crippen LogP) is 3.49. The number of hydrogen-bond donors (Lipinski definition) is 1. The van der Waals surface area contributed by atoms with Gasteiger partial charge in [0.25, 0.3) is 0 Å². The first-order valence-electron chi connectivity index (χ1n) is 6.99. The van der Waals surface area contributed by atoms with Crippen LogP contribution in [0.15, 0.2) is 16.8 Å². The Balaban J connectivity index is 2.31. The predicted molar refractivity (Wildman–Crippen MR) is 88.2 cm³/mol. The highest BCUT2D eigenvalue weighted by atomic mass is 32.2. The van der Waals surface area contributed by atoms with Crippen molar-refractivity contribution >= 4 is 29.0 Å². The molecule has 0 radical (unpaired) electrons. The van der Waals surface area contributed by atoms with E-state index in [4.69, 9.17) is 0 Å². The first kappa shape index (κ1) is 15.9. The number of carbonyl (C=O) groups is 1. The van der Waals surface area contributed by atoms with E-state index in [0.717, 1.165) is 13.0 Å². The second-order valence-corrected chi connectivity index (χ2v) is 8.48. The monoisotopic (exact) mass is 312 g/mol. The molecule has 2 rings (SSSR count). The SMILES string of the molecule is CCC1(C)NC(c2ccsc2)N(CC(C)(C)SC)C1=O. The Labute approximate surface area is 130 Å². The number of thioether (sulfide) groups is 1. The summed E-state index contributed by atoms with van der Waals surface area (Å²) in [6.07, 6.45) is 2.92. The molecule has 1 N–H and O–H groups in total. The largest absolute Gasteiger partial charge is 0.320 e. The van der Waals surface area contributed by atoms with Gasteiger partial charge in [-0.05, 0) is 55.8 Å². The fourth-order valence-electron chi connectivity index (χ4n) is 2.46. The minimum atomic E-state index is -0.443. The molecule has 0 spiro atoms. The number of carbonyl (C=O) groups excluding carboxylic acids is 1. The molecule has 2 heterocycles. The van der Waals surface area contributed by atoms with Crippen LogP contribution in [0.25, 0.3) is 0 Å². The number of thiophene rings is 1. The summed E-state index contributed by atoms with van der Waals surface area (Å²) in [5, 5.41) is 7.74. The normalized spacial score (nSPS) is 27.4. The summed E-state index contributed by atoms with van der Waals surface area (Å²) in [7, 11) is 0. The van der Waals surface area contributed by atoms with Crippen LogP contribution in [0.4, 0.5) is 0 Å². The second-order valence-electron chi connectivity index (χ2n) is 6.19. The van der Waals surface area contributed by atoms with Crippen molar-refractivity contribution < 1.29 is 4.79 Å². The number of nitrogens with zero attached hydrogens (tertiary/aromatic N) is 1. The van der Waals surface area contributed by atoms with Gasteiger partial charge in [0.1, 0.15) is 6.17 Å². The molecular weight excluding hydrogens is 288 g/mol. The van der Waals surface area contributed by atoms with Gasteiger partial charge in [-0.2, -0.15) is 23.1 Å². The Hall–Kier alpha value is -0.520. The standard InChI is InChI=1S/C15H24N2OS2/c1-6-15(4)13(18)17(10-14(2,3)19-5)12(16-15)11-7-8-20-9-11/h7-9,12,16H,6,10H2,1-5H3. The summed E-state index contributed by atoms with van der Waals surface area (Å²) in [4.78, 5) is 14.8. The second kappa shape index (κ2) is 5.70. The van der Waals surface area contributed by atoms with E-state index in [-0.39, 0.29) is 16.8 Å². The van der Waals surface area contributed by atoms with Crippen molar-refractivity contribution in [1.82, 2.24) is 10.2 Å². The molecule has 1 saturated heterocycles. The average molecular weight is 313 g/mol. The van der Waals surface area contributed by atoms with Gasteiger partial charge in [-0.15, -0.1) is 0 Å². The fraction of sp³-hybridized carbons (Fsp3) is 0.667. The third-order valence-electron chi connectivity index (χ3n) is 4.17. The summed E-state index contributed by atoms with van der Waals surface area (Å²) < 4.78 is 0.0601. The molecule has 3 nitrogen and oxygen atoms in total. The Morgan fingerprint density at radius 1 is 1.55 bits per heavy atom. The Bertz CT molecular complexity index is 472. The number of hydrogen-bond acceptors (Lipinski definition) is 4. The smallest absolute Gasteiger partial charge is 0.244 e. The summed E-state index contributed by atoms with van der Waals surface area (Å²) in [5.41, 5.74) is 0.749. The molecule has 0 aliphatic carbocycles. The van der Waals surface area contributed by atoms with E-state index in [0.29, 0.717) is 0 Å². The fourth-order valence-corrected chi connectivity index (χ4v) is 3.41. The molecule has 112 valence electrons. The van der Waals surface area contributed by atoms with Crippen molar-refractivity contribution in [2.45, 2.75) is 50.6 Å². The first-order chi connectivity index (χ1) is 9.33. The van der Waals surface area contributed by atoms with Gasteiger partial charge in [0, 0.05) is 11.3 Å². The third-order valence-corrected chi connectivity index (χ3v) is 6.11. The molecule has 1 aromatic heterocycles. The maximum Gasteiger partial charge on any atom is 0.244 e. The minimum Gasteiger partial charge on any atom is -0.320 e. The average Bonchev–Trinajstić information content (AvgIpc) is 3.02. The molecule has 1 fully saturated rings. The van der Waals surface area contributed by atoms with Crippen molar-refractivity contribution in [2.24, 2.45) is 0 Å². The Kier molecular flexibility index (Phi) is 4.52. The molecule has 5 heteroatoms. The maximum absolute atomic E-state index is 12.8. The molecule has 2 unspecified atom stereocenters. The van der Waals surface area contributed by atoms with Crippen molar-refractivity contribution in [2.75, 3.05) is 12.8 Å². The molecular formula is C15H24N2OS2. The van der Waals surface area contributed by atoms with Gasteiger partial charge in [0.15, 0.2) is 0 Å². The molecule has 1 aliphatic heterocycles. The van der Waals surface area contributed by atoms with Crippen LogP contribution < -0.4 is 5.32 Å². The van der Waals surface area contributed by atoms with Gasteiger partial charge >= 0.3 is 0 Å². The highest BCUT2D eigenvalue weighted by Crippen LogP contribution is 2.36. The van der Waals surface area contributed by atoms with E-state index >= 15 is 0 Å². The van der Waals surface area contributed by atoms with Crippen molar-refractivity contribution in [3.05, 3.63) is 22.4 Å². The quantitative estimate of drug-likeness (QED) is 0.903. The van der Waals surface area contributed by atoms with Crippen LogP contribution in [0, 0.1) is 0 Å². The summed E-state index contributed by atoms with van der Waals surface area (Å²) >= 11 is 3.48. The molecule has 1 amide bonds. The summed E-state index contributed by atoms with van der Waals surface area (Å²) in [6.45, 7) is 9.23. The van der Waals surface area contributed by atoms with Crippen molar-refractivity contribution in [3.8, 4) is 0 Å². The lowest BCUT2D eigenvalue weighted by molar-refractivity contribution is -0.133. The van der Waals surface area contributed by atoms with Crippen LogP contribution in [0.3, 0.4) is 0 Å². The number of nitrogens with one attached hydrogen (secondary N) is 1. The molecule has 1 aromatic rings. The van der Waals surface area contributed by atoms with Crippen molar-refractivity contribution in [3.63, 3.8) is 0 Å². The van der Waals surface area contributed by atoms with E-state index < -0.39 is 5.54 Å². The summed E-state index contributed by atoms with van der Waals surface area (Å²) in [5.74, 6) is 0.221. The van der Waals surface area contributed by atoms with E-state index in [1.807, 2.05) is 11.8 Å².